The average Bonchev–Trinajstić information content (AvgIpc) is 3.65. The first-order valence-corrected chi connectivity index (χ1v) is 13.3. The summed E-state index contributed by atoms with van der Waals surface area (Å²) >= 11 is 0. The number of carbonyl (C=O) groups is 1. The third-order valence-corrected chi connectivity index (χ3v) is 7.28. The van der Waals surface area contributed by atoms with Crippen molar-refractivity contribution < 1.29 is 19.4 Å². The van der Waals surface area contributed by atoms with E-state index in [0.717, 1.165) is 37.6 Å². The molecule has 11 heteroatoms. The average molecular weight is 540 g/mol. The largest absolute Gasteiger partial charge is 0.487 e. The summed E-state index contributed by atoms with van der Waals surface area (Å²) in [6.45, 7) is 5.54. The third kappa shape index (κ3) is 5.06. The molecule has 2 atom stereocenters. The number of likely N-dealkylation sites (tertiary alicyclic amines) is 1. The van der Waals surface area contributed by atoms with Gasteiger partial charge in [-0.25, -0.2) is 15.0 Å². The van der Waals surface area contributed by atoms with Gasteiger partial charge in [-0.2, -0.15) is 5.26 Å². The highest BCUT2D eigenvalue weighted by molar-refractivity contribution is 5.89. The van der Waals surface area contributed by atoms with E-state index in [1.807, 2.05) is 18.2 Å². The number of H-pyrrole nitrogens is 1. The maximum Gasteiger partial charge on any atom is 0.251 e. The van der Waals surface area contributed by atoms with Gasteiger partial charge < -0.3 is 29.4 Å². The number of morpholine rings is 1. The number of hydrogen-bond acceptors (Lipinski definition) is 9. The molecule has 2 unspecified atom stereocenters. The van der Waals surface area contributed by atoms with Gasteiger partial charge in [-0.15, -0.1) is 0 Å². The molecular formula is C29H29N7O4. The Morgan fingerprint density at radius 3 is 2.67 bits per heavy atom. The van der Waals surface area contributed by atoms with Crippen LogP contribution in [-0.4, -0.2) is 87.5 Å². The molecular weight excluding hydrogens is 510 g/mol. The van der Waals surface area contributed by atoms with Crippen molar-refractivity contribution in [1.82, 2.24) is 24.8 Å². The summed E-state index contributed by atoms with van der Waals surface area (Å²) in [6.07, 6.45) is 0.801. The fourth-order valence-electron chi connectivity index (χ4n) is 5.16. The molecule has 204 valence electrons. The second-order valence-electron chi connectivity index (χ2n) is 9.96. The molecule has 4 aromatic rings. The Hall–Kier alpha value is -4.53. The van der Waals surface area contributed by atoms with Crippen LogP contribution in [0.5, 0.6) is 5.75 Å². The Balaban J connectivity index is 1.23. The summed E-state index contributed by atoms with van der Waals surface area (Å²) in [5, 5.41) is 19.4. The Kier molecular flexibility index (Phi) is 7.02. The number of benzene rings is 2. The molecule has 2 aliphatic rings. The summed E-state index contributed by atoms with van der Waals surface area (Å²) in [5.74, 6) is 0.806. The van der Waals surface area contributed by atoms with Crippen molar-refractivity contribution >= 4 is 22.8 Å². The molecule has 2 aromatic carbocycles. The molecule has 40 heavy (non-hydrogen) atoms. The molecule has 2 saturated heterocycles. The zero-order valence-electron chi connectivity index (χ0n) is 22.1. The number of imidazole rings is 1. The predicted molar refractivity (Wildman–Crippen MR) is 148 cm³/mol. The van der Waals surface area contributed by atoms with Gasteiger partial charge in [0.2, 0.25) is 0 Å². The summed E-state index contributed by atoms with van der Waals surface area (Å²) in [4.78, 5) is 32.9. The van der Waals surface area contributed by atoms with E-state index >= 15 is 0 Å². The maximum atomic E-state index is 12.1. The lowest BCUT2D eigenvalue weighted by Crippen LogP contribution is -2.37. The Morgan fingerprint density at radius 1 is 1.15 bits per heavy atom. The molecule has 2 N–H and O–H groups in total. The van der Waals surface area contributed by atoms with Gasteiger partial charge in [-0.3, -0.25) is 4.79 Å². The molecule has 2 aliphatic heterocycles. The van der Waals surface area contributed by atoms with Crippen LogP contribution < -0.4 is 9.64 Å². The van der Waals surface area contributed by atoms with Crippen LogP contribution in [0.3, 0.4) is 0 Å². The first-order valence-electron chi connectivity index (χ1n) is 13.3. The van der Waals surface area contributed by atoms with Crippen molar-refractivity contribution in [3.05, 3.63) is 54.4 Å². The third-order valence-electron chi connectivity index (χ3n) is 7.28. The van der Waals surface area contributed by atoms with E-state index in [1.165, 1.54) is 13.3 Å². The van der Waals surface area contributed by atoms with E-state index in [9.17, 15) is 15.2 Å². The molecule has 1 amide bonds. The van der Waals surface area contributed by atoms with Gasteiger partial charge in [0.1, 0.15) is 47.4 Å². The molecule has 0 radical (unpaired) electrons. The number of fused-ring (bicyclic) bond motifs is 1. The topological polar surface area (TPSA) is 140 Å². The molecule has 2 fully saturated rings. The number of carbonyl (C=O) groups excluding carboxylic acids is 1. The highest BCUT2D eigenvalue weighted by atomic mass is 16.5. The van der Waals surface area contributed by atoms with E-state index in [0.29, 0.717) is 59.1 Å². The first kappa shape index (κ1) is 25.7. The van der Waals surface area contributed by atoms with Gasteiger partial charge >= 0.3 is 0 Å². The number of amides is 1. The fourth-order valence-corrected chi connectivity index (χ4v) is 5.16. The van der Waals surface area contributed by atoms with Crippen LogP contribution in [-0.2, 0) is 9.53 Å². The van der Waals surface area contributed by atoms with E-state index in [-0.39, 0.29) is 12.0 Å². The number of aromatic nitrogens is 4. The monoisotopic (exact) mass is 539 g/mol. The number of aromatic amines is 1. The molecule has 0 spiro atoms. The van der Waals surface area contributed by atoms with E-state index in [2.05, 4.69) is 38.1 Å². The van der Waals surface area contributed by atoms with Crippen molar-refractivity contribution in [2.45, 2.75) is 25.6 Å². The lowest BCUT2D eigenvalue weighted by molar-refractivity contribution is -0.138. The predicted octanol–water partition coefficient (Wildman–Crippen LogP) is 2.76. The summed E-state index contributed by atoms with van der Waals surface area (Å²) < 4.78 is 11.5. The zero-order valence-corrected chi connectivity index (χ0v) is 22.1. The zero-order chi connectivity index (χ0) is 27.6. The van der Waals surface area contributed by atoms with Gasteiger partial charge in [0.05, 0.1) is 25.3 Å². The number of hydrogen-bond donors (Lipinski definition) is 2. The van der Waals surface area contributed by atoms with Crippen LogP contribution in [0.2, 0.25) is 0 Å². The maximum absolute atomic E-state index is 12.1. The summed E-state index contributed by atoms with van der Waals surface area (Å²) in [6, 6.07) is 15.8. The van der Waals surface area contributed by atoms with Crippen LogP contribution in [0.4, 0.5) is 5.69 Å². The minimum Gasteiger partial charge on any atom is -0.487 e. The van der Waals surface area contributed by atoms with Crippen molar-refractivity contribution in [3.63, 3.8) is 0 Å². The van der Waals surface area contributed by atoms with Gasteiger partial charge in [0.15, 0.2) is 5.65 Å². The van der Waals surface area contributed by atoms with Crippen molar-refractivity contribution in [2.75, 3.05) is 44.3 Å². The SMILES string of the molecule is CC(O)C(=O)N1CCC(Oc2ccc(-c3ncnc4[nH]c(-c5ccc(N6CCOCC6)cc5)nc34)cc2C#N)C1. The molecule has 0 aliphatic carbocycles. The highest BCUT2D eigenvalue weighted by Crippen LogP contribution is 2.32. The van der Waals surface area contributed by atoms with Gasteiger partial charge in [-0.1, -0.05) is 0 Å². The molecule has 11 nitrogen and oxygen atoms in total. The number of ether oxygens (including phenoxy) is 2. The fraction of sp³-hybridized carbons (Fsp3) is 0.345. The molecule has 0 saturated carbocycles. The van der Waals surface area contributed by atoms with E-state index in [1.54, 1.807) is 17.0 Å². The van der Waals surface area contributed by atoms with Crippen molar-refractivity contribution in [2.24, 2.45) is 0 Å². The number of aliphatic hydroxyl groups excluding tert-OH is 1. The summed E-state index contributed by atoms with van der Waals surface area (Å²) in [5.41, 5.74) is 4.97. The Labute approximate surface area is 231 Å². The molecule has 0 bridgehead atoms. The second-order valence-corrected chi connectivity index (χ2v) is 9.96. The molecule has 6 rings (SSSR count). The number of nitrogens with one attached hydrogen (secondary N) is 1. The standard InChI is InChI=1S/C29H29N7O4/c1-18(37)29(38)36-9-8-23(16-36)40-24-7-4-20(14-21(24)15-30)25-26-28(32-17-31-25)34-27(33-26)19-2-5-22(6-3-19)35-10-12-39-13-11-35/h2-7,14,17-18,23,37H,8-13,16H2,1H3,(H,31,32,33,34). The number of nitriles is 1. The minimum atomic E-state index is -1.05. The Bertz CT molecular complexity index is 1570. The summed E-state index contributed by atoms with van der Waals surface area (Å²) in [7, 11) is 0. The number of nitrogens with zero attached hydrogens (tertiary/aromatic N) is 6. The smallest absolute Gasteiger partial charge is 0.251 e. The quantitative estimate of drug-likeness (QED) is 0.378. The Morgan fingerprint density at radius 2 is 1.93 bits per heavy atom. The normalized spacial score (nSPS) is 18.1. The second kappa shape index (κ2) is 10.9. The number of anilines is 1. The van der Waals surface area contributed by atoms with Gasteiger partial charge in [0, 0.05) is 42.9 Å². The van der Waals surface area contributed by atoms with Crippen molar-refractivity contribution in [3.8, 4) is 34.5 Å². The van der Waals surface area contributed by atoms with Crippen LogP contribution in [0.1, 0.15) is 18.9 Å². The van der Waals surface area contributed by atoms with Gasteiger partial charge in [0.25, 0.3) is 5.91 Å². The van der Waals surface area contributed by atoms with Crippen LogP contribution >= 0.6 is 0 Å². The van der Waals surface area contributed by atoms with Crippen molar-refractivity contribution in [1.29, 1.82) is 5.26 Å². The number of aliphatic hydroxyl groups is 1. The van der Waals surface area contributed by atoms with Crippen LogP contribution in [0.25, 0.3) is 33.8 Å². The minimum absolute atomic E-state index is 0.255. The van der Waals surface area contributed by atoms with Crippen LogP contribution in [0.15, 0.2) is 48.8 Å². The lowest BCUT2D eigenvalue weighted by atomic mass is 10.1. The van der Waals surface area contributed by atoms with E-state index < -0.39 is 6.10 Å². The number of rotatable bonds is 6. The first-order chi connectivity index (χ1) is 19.5. The van der Waals surface area contributed by atoms with Crippen LogP contribution in [0, 0.1) is 11.3 Å². The molecule has 2 aromatic heterocycles. The molecule has 4 heterocycles. The highest BCUT2D eigenvalue weighted by Gasteiger charge is 2.30. The van der Waals surface area contributed by atoms with Gasteiger partial charge in [-0.05, 0) is 49.4 Å². The van der Waals surface area contributed by atoms with E-state index in [4.69, 9.17) is 14.5 Å². The lowest BCUT2D eigenvalue weighted by Gasteiger charge is -2.28.